The van der Waals surface area contributed by atoms with E-state index in [1.54, 1.807) is 0 Å². The van der Waals surface area contributed by atoms with Crippen molar-refractivity contribution in [2.75, 3.05) is 18.4 Å². The van der Waals surface area contributed by atoms with Crippen LogP contribution in [0.15, 0.2) is 29.2 Å². The van der Waals surface area contributed by atoms with Gasteiger partial charge in [0, 0.05) is 16.1 Å². The Hall–Kier alpha value is -1.00. The standard InChI is InChI=1S/C17H24N2OS/c20-17(13-9-11-18-12-10-13)19-15-7-3-4-8-16(15)21-14-5-1-2-6-14/h3-4,7-8,13-14,18H,1-2,5-6,9-12H2,(H,19,20). The van der Waals surface area contributed by atoms with E-state index in [1.807, 2.05) is 23.9 Å². The van der Waals surface area contributed by atoms with Crippen LogP contribution in [0, 0.1) is 5.92 Å². The Bertz CT molecular complexity index is 479. The molecule has 1 aromatic carbocycles. The predicted octanol–water partition coefficient (Wildman–Crippen LogP) is 3.66. The highest BCUT2D eigenvalue weighted by Gasteiger charge is 2.22. The van der Waals surface area contributed by atoms with Crippen molar-refractivity contribution in [2.45, 2.75) is 48.7 Å². The Morgan fingerprint density at radius 2 is 1.81 bits per heavy atom. The second-order valence-electron chi connectivity index (χ2n) is 6.03. The minimum absolute atomic E-state index is 0.163. The molecule has 2 aliphatic rings. The first-order valence-corrected chi connectivity index (χ1v) is 8.98. The molecule has 1 aliphatic heterocycles. The quantitative estimate of drug-likeness (QED) is 0.892. The van der Waals surface area contributed by atoms with Crippen LogP contribution in [-0.4, -0.2) is 24.2 Å². The van der Waals surface area contributed by atoms with Gasteiger partial charge in [0.15, 0.2) is 0 Å². The van der Waals surface area contributed by atoms with Gasteiger partial charge in [-0.15, -0.1) is 11.8 Å². The molecule has 3 rings (SSSR count). The van der Waals surface area contributed by atoms with Crippen molar-refractivity contribution in [3.63, 3.8) is 0 Å². The van der Waals surface area contributed by atoms with E-state index in [9.17, 15) is 4.79 Å². The highest BCUT2D eigenvalue weighted by atomic mass is 32.2. The molecule has 4 heteroatoms. The van der Waals surface area contributed by atoms with Crippen LogP contribution in [0.25, 0.3) is 0 Å². The van der Waals surface area contributed by atoms with Crippen LogP contribution >= 0.6 is 11.8 Å². The molecule has 0 radical (unpaired) electrons. The van der Waals surface area contributed by atoms with Crippen LogP contribution in [-0.2, 0) is 4.79 Å². The third-order valence-electron chi connectivity index (χ3n) is 4.45. The molecule has 1 amide bonds. The molecule has 0 unspecified atom stereocenters. The average molecular weight is 304 g/mol. The molecule has 2 fully saturated rings. The van der Waals surface area contributed by atoms with Gasteiger partial charge >= 0.3 is 0 Å². The summed E-state index contributed by atoms with van der Waals surface area (Å²) in [6.45, 7) is 1.91. The molecular weight excluding hydrogens is 280 g/mol. The number of carbonyl (C=O) groups excluding carboxylic acids is 1. The van der Waals surface area contributed by atoms with Crippen LogP contribution in [0.1, 0.15) is 38.5 Å². The van der Waals surface area contributed by atoms with E-state index in [0.29, 0.717) is 0 Å². The number of thioether (sulfide) groups is 1. The van der Waals surface area contributed by atoms with Crippen LogP contribution in [0.2, 0.25) is 0 Å². The molecule has 1 heterocycles. The van der Waals surface area contributed by atoms with E-state index >= 15 is 0 Å². The van der Waals surface area contributed by atoms with E-state index in [4.69, 9.17) is 0 Å². The zero-order valence-corrected chi connectivity index (χ0v) is 13.3. The maximum absolute atomic E-state index is 12.4. The Balaban J connectivity index is 1.65. The normalized spacial score (nSPS) is 20.6. The van der Waals surface area contributed by atoms with Crippen LogP contribution in [0.4, 0.5) is 5.69 Å². The van der Waals surface area contributed by atoms with E-state index in [-0.39, 0.29) is 11.8 Å². The lowest BCUT2D eigenvalue weighted by Gasteiger charge is -2.22. The van der Waals surface area contributed by atoms with Gasteiger partial charge in [-0.3, -0.25) is 4.79 Å². The van der Waals surface area contributed by atoms with Crippen molar-refractivity contribution in [3.8, 4) is 0 Å². The lowest BCUT2D eigenvalue weighted by atomic mass is 9.97. The van der Waals surface area contributed by atoms with Gasteiger partial charge in [-0.25, -0.2) is 0 Å². The smallest absolute Gasteiger partial charge is 0.227 e. The summed E-state index contributed by atoms with van der Waals surface area (Å²) in [4.78, 5) is 13.6. The number of nitrogens with one attached hydrogen (secondary N) is 2. The van der Waals surface area contributed by atoms with E-state index in [0.717, 1.165) is 36.9 Å². The van der Waals surface area contributed by atoms with E-state index in [1.165, 1.54) is 30.6 Å². The van der Waals surface area contributed by atoms with Crippen molar-refractivity contribution < 1.29 is 4.79 Å². The number of anilines is 1. The summed E-state index contributed by atoms with van der Waals surface area (Å²) in [6, 6.07) is 8.26. The van der Waals surface area contributed by atoms with Crippen molar-refractivity contribution in [1.29, 1.82) is 0 Å². The molecule has 3 nitrogen and oxygen atoms in total. The zero-order valence-electron chi connectivity index (χ0n) is 12.4. The molecule has 114 valence electrons. The fraction of sp³-hybridized carbons (Fsp3) is 0.588. The van der Waals surface area contributed by atoms with Crippen LogP contribution < -0.4 is 10.6 Å². The molecule has 21 heavy (non-hydrogen) atoms. The second kappa shape index (κ2) is 7.32. The first kappa shape index (κ1) is 14.9. The summed E-state index contributed by atoms with van der Waals surface area (Å²) in [5.41, 5.74) is 0.998. The average Bonchev–Trinajstić information content (AvgIpc) is 3.03. The zero-order chi connectivity index (χ0) is 14.5. The summed E-state index contributed by atoms with van der Waals surface area (Å²) in [7, 11) is 0. The first-order chi connectivity index (χ1) is 10.3. The number of amides is 1. The topological polar surface area (TPSA) is 41.1 Å². The molecule has 2 N–H and O–H groups in total. The molecular formula is C17H24N2OS. The Kier molecular flexibility index (Phi) is 5.20. The van der Waals surface area contributed by atoms with Gasteiger partial charge in [0.1, 0.15) is 0 Å². The summed E-state index contributed by atoms with van der Waals surface area (Å²) >= 11 is 1.94. The lowest BCUT2D eigenvalue weighted by molar-refractivity contribution is -0.120. The number of carbonyl (C=O) groups is 1. The van der Waals surface area contributed by atoms with Gasteiger partial charge in [0.2, 0.25) is 5.91 Å². The van der Waals surface area contributed by atoms with Gasteiger partial charge in [-0.05, 0) is 50.9 Å². The highest BCUT2D eigenvalue weighted by molar-refractivity contribution is 8.00. The van der Waals surface area contributed by atoms with Crippen molar-refractivity contribution in [2.24, 2.45) is 5.92 Å². The Labute approximate surface area is 131 Å². The molecule has 1 aromatic rings. The molecule has 0 aromatic heterocycles. The summed E-state index contributed by atoms with van der Waals surface area (Å²) in [6.07, 6.45) is 7.21. The maximum Gasteiger partial charge on any atom is 0.227 e. The number of benzene rings is 1. The Morgan fingerprint density at radius 1 is 1.10 bits per heavy atom. The molecule has 0 spiro atoms. The van der Waals surface area contributed by atoms with E-state index in [2.05, 4.69) is 22.8 Å². The van der Waals surface area contributed by atoms with Gasteiger partial charge in [0.25, 0.3) is 0 Å². The minimum atomic E-state index is 0.163. The number of hydrogen-bond acceptors (Lipinski definition) is 3. The summed E-state index contributed by atoms with van der Waals surface area (Å²) in [5, 5.41) is 7.20. The molecule has 1 saturated carbocycles. The highest BCUT2D eigenvalue weighted by Crippen LogP contribution is 2.38. The van der Waals surface area contributed by atoms with Gasteiger partial charge < -0.3 is 10.6 Å². The summed E-state index contributed by atoms with van der Waals surface area (Å²) in [5.74, 6) is 0.353. The number of rotatable bonds is 4. The molecule has 0 atom stereocenters. The first-order valence-electron chi connectivity index (χ1n) is 8.10. The fourth-order valence-corrected chi connectivity index (χ4v) is 4.51. The lowest BCUT2D eigenvalue weighted by Crippen LogP contribution is -2.34. The van der Waals surface area contributed by atoms with Crippen molar-refractivity contribution in [3.05, 3.63) is 24.3 Å². The maximum atomic E-state index is 12.4. The van der Waals surface area contributed by atoms with Crippen molar-refractivity contribution >= 4 is 23.4 Å². The number of piperidine rings is 1. The fourth-order valence-electron chi connectivity index (χ4n) is 3.18. The van der Waals surface area contributed by atoms with Crippen LogP contribution in [0.3, 0.4) is 0 Å². The van der Waals surface area contributed by atoms with Gasteiger partial charge in [-0.2, -0.15) is 0 Å². The van der Waals surface area contributed by atoms with Crippen LogP contribution in [0.5, 0.6) is 0 Å². The number of hydrogen-bond donors (Lipinski definition) is 2. The summed E-state index contributed by atoms with van der Waals surface area (Å²) < 4.78 is 0. The van der Waals surface area contributed by atoms with E-state index < -0.39 is 0 Å². The number of para-hydroxylation sites is 1. The third kappa shape index (κ3) is 4.01. The monoisotopic (exact) mass is 304 g/mol. The Morgan fingerprint density at radius 3 is 2.57 bits per heavy atom. The predicted molar refractivity (Wildman–Crippen MR) is 88.8 cm³/mol. The molecule has 1 aliphatic carbocycles. The second-order valence-corrected chi connectivity index (χ2v) is 7.38. The SMILES string of the molecule is O=C(Nc1ccccc1SC1CCCC1)C1CCNCC1. The van der Waals surface area contributed by atoms with Gasteiger partial charge in [-0.1, -0.05) is 25.0 Å². The largest absolute Gasteiger partial charge is 0.325 e. The molecule has 1 saturated heterocycles. The van der Waals surface area contributed by atoms with Crippen molar-refractivity contribution in [1.82, 2.24) is 5.32 Å². The third-order valence-corrected chi connectivity index (χ3v) is 5.87. The minimum Gasteiger partial charge on any atom is -0.325 e. The molecule has 0 bridgehead atoms. The van der Waals surface area contributed by atoms with Gasteiger partial charge in [0.05, 0.1) is 5.69 Å².